The molecule has 0 radical (unpaired) electrons. The Bertz CT molecular complexity index is 1470. The van der Waals surface area contributed by atoms with Crippen LogP contribution in [0.2, 0.25) is 0 Å². The Morgan fingerprint density at radius 1 is 0.957 bits per heavy atom. The highest BCUT2D eigenvalue weighted by atomic mass is 16.5. The van der Waals surface area contributed by atoms with Gasteiger partial charge in [-0.05, 0) is 116 Å². The normalized spacial score (nSPS) is 14.7. The van der Waals surface area contributed by atoms with Crippen LogP contribution in [-0.4, -0.2) is 57.9 Å². The van der Waals surface area contributed by atoms with Gasteiger partial charge in [0.15, 0.2) is 0 Å². The number of anilines is 1. The highest BCUT2D eigenvalue weighted by molar-refractivity contribution is 6.05. The third kappa shape index (κ3) is 10.1. The van der Waals surface area contributed by atoms with E-state index in [4.69, 9.17) is 14.2 Å². The fourth-order valence-electron chi connectivity index (χ4n) is 5.93. The Kier molecular flexibility index (Phi) is 13.5. The smallest absolute Gasteiger partial charge is 0.255 e. The molecule has 0 bridgehead atoms. The van der Waals surface area contributed by atoms with E-state index in [9.17, 15) is 4.79 Å². The van der Waals surface area contributed by atoms with Crippen molar-refractivity contribution < 1.29 is 19.0 Å². The van der Waals surface area contributed by atoms with Crippen LogP contribution in [0.4, 0.5) is 5.69 Å². The lowest BCUT2D eigenvalue weighted by atomic mass is 9.89. The summed E-state index contributed by atoms with van der Waals surface area (Å²) < 4.78 is 17.4. The van der Waals surface area contributed by atoms with Crippen molar-refractivity contribution in [2.45, 2.75) is 65.4 Å². The van der Waals surface area contributed by atoms with Gasteiger partial charge < -0.3 is 24.4 Å². The van der Waals surface area contributed by atoms with E-state index in [2.05, 4.69) is 62.3 Å². The summed E-state index contributed by atoms with van der Waals surface area (Å²) in [5.74, 6) is 1.96. The summed E-state index contributed by atoms with van der Waals surface area (Å²) in [5, 5.41) is 3.06. The number of ether oxygens (including phenoxy) is 3. The number of hydrogen-bond acceptors (Lipinski definition) is 5. The maximum Gasteiger partial charge on any atom is 0.255 e. The second-order valence-corrected chi connectivity index (χ2v) is 12.6. The predicted molar refractivity (Wildman–Crippen MR) is 191 cm³/mol. The molecule has 0 saturated carbocycles. The van der Waals surface area contributed by atoms with Gasteiger partial charge in [0.2, 0.25) is 0 Å². The number of hydrogen-bond donors (Lipinski definition) is 1. The fraction of sp³-hybridized carbons (Fsp3) is 0.425. The average molecular weight is 625 g/mol. The van der Waals surface area contributed by atoms with E-state index in [1.54, 1.807) is 20.3 Å². The molecule has 6 heteroatoms. The van der Waals surface area contributed by atoms with Gasteiger partial charge in [0, 0.05) is 30.0 Å². The van der Waals surface area contributed by atoms with Gasteiger partial charge >= 0.3 is 0 Å². The van der Waals surface area contributed by atoms with Gasteiger partial charge in [0.25, 0.3) is 5.91 Å². The molecule has 46 heavy (non-hydrogen) atoms. The molecule has 1 atom stereocenters. The second kappa shape index (κ2) is 17.7. The van der Waals surface area contributed by atoms with Gasteiger partial charge in [0.05, 0.1) is 20.3 Å². The predicted octanol–water partition coefficient (Wildman–Crippen LogP) is 9.28. The molecular formula is C40H52N2O4. The number of nitrogens with zero attached hydrogens (tertiary/aromatic N) is 1. The van der Waals surface area contributed by atoms with Crippen LogP contribution in [0.3, 0.4) is 0 Å². The Morgan fingerprint density at radius 3 is 2.48 bits per heavy atom. The molecule has 1 N–H and O–H groups in total. The Labute approximate surface area is 276 Å². The van der Waals surface area contributed by atoms with Gasteiger partial charge in [-0.25, -0.2) is 0 Å². The molecular weight excluding hydrogens is 572 g/mol. The van der Waals surface area contributed by atoms with Crippen LogP contribution in [0.1, 0.15) is 75.2 Å². The second-order valence-electron chi connectivity index (χ2n) is 12.6. The zero-order valence-corrected chi connectivity index (χ0v) is 28.6. The first-order chi connectivity index (χ1) is 22.3. The molecule has 3 aromatic carbocycles. The van der Waals surface area contributed by atoms with Crippen LogP contribution in [0.25, 0.3) is 16.7 Å². The zero-order valence-electron chi connectivity index (χ0n) is 28.6. The number of carbonyl (C=O) groups is 1. The Balaban J connectivity index is 1.42. The minimum absolute atomic E-state index is 0.150. The summed E-state index contributed by atoms with van der Waals surface area (Å²) in [5.41, 5.74) is 6.80. The number of amides is 1. The maximum absolute atomic E-state index is 13.3. The van der Waals surface area contributed by atoms with Crippen molar-refractivity contribution >= 4 is 17.2 Å². The van der Waals surface area contributed by atoms with Crippen LogP contribution in [0.5, 0.6) is 11.5 Å². The lowest BCUT2D eigenvalue weighted by Crippen LogP contribution is -2.24. The van der Waals surface area contributed by atoms with Gasteiger partial charge in [-0.1, -0.05) is 63.6 Å². The number of nitrogens with one attached hydrogen (secondary N) is 1. The fourth-order valence-corrected chi connectivity index (χ4v) is 5.93. The summed E-state index contributed by atoms with van der Waals surface area (Å²) in [6.07, 6.45) is 11.3. The van der Waals surface area contributed by atoms with Gasteiger partial charge in [-0.15, -0.1) is 0 Å². The van der Waals surface area contributed by atoms with E-state index in [-0.39, 0.29) is 12.0 Å². The van der Waals surface area contributed by atoms with Crippen LogP contribution < -0.4 is 14.8 Å². The van der Waals surface area contributed by atoms with Crippen molar-refractivity contribution in [1.82, 2.24) is 4.90 Å². The number of carbonyl (C=O) groups excluding carboxylic acids is 1. The lowest BCUT2D eigenvalue weighted by molar-refractivity contribution is 0.0697. The lowest BCUT2D eigenvalue weighted by Gasteiger charge is -2.25. The largest absolute Gasteiger partial charge is 0.497 e. The highest BCUT2D eigenvalue weighted by Gasteiger charge is 2.20. The minimum atomic E-state index is -0.176. The Morgan fingerprint density at radius 2 is 1.76 bits per heavy atom. The molecule has 0 spiro atoms. The summed E-state index contributed by atoms with van der Waals surface area (Å²) >= 11 is 0. The molecule has 0 aliphatic heterocycles. The van der Waals surface area contributed by atoms with Crippen molar-refractivity contribution in [3.05, 3.63) is 95.6 Å². The molecule has 0 saturated heterocycles. The molecule has 0 fully saturated rings. The summed E-state index contributed by atoms with van der Waals surface area (Å²) in [4.78, 5) is 15.7. The van der Waals surface area contributed by atoms with E-state index in [1.165, 1.54) is 30.4 Å². The van der Waals surface area contributed by atoms with Gasteiger partial charge in [-0.3, -0.25) is 4.79 Å². The monoisotopic (exact) mass is 624 g/mol. The molecule has 1 aliphatic carbocycles. The zero-order chi connectivity index (χ0) is 32.9. The quantitative estimate of drug-likeness (QED) is 0.152. The number of allylic oxidation sites excluding steroid dienone is 2. The van der Waals surface area contributed by atoms with E-state index in [0.29, 0.717) is 17.2 Å². The maximum atomic E-state index is 13.3. The topological polar surface area (TPSA) is 60.0 Å². The van der Waals surface area contributed by atoms with Gasteiger partial charge in [-0.2, -0.15) is 0 Å². The summed E-state index contributed by atoms with van der Waals surface area (Å²) in [6, 6.07) is 21.3. The summed E-state index contributed by atoms with van der Waals surface area (Å²) in [6.45, 7) is 9.78. The molecule has 1 aliphatic rings. The first-order valence-corrected chi connectivity index (χ1v) is 16.8. The van der Waals surface area contributed by atoms with E-state index in [1.807, 2.05) is 48.5 Å². The van der Waals surface area contributed by atoms with Crippen LogP contribution in [-0.2, 0) is 4.74 Å². The van der Waals surface area contributed by atoms with E-state index in [0.717, 1.165) is 67.1 Å². The Hall–Kier alpha value is -3.87. The number of benzene rings is 3. The van der Waals surface area contributed by atoms with Crippen molar-refractivity contribution in [3.8, 4) is 22.6 Å². The van der Waals surface area contributed by atoms with Crippen molar-refractivity contribution in [2.24, 2.45) is 5.92 Å². The van der Waals surface area contributed by atoms with Gasteiger partial charge in [0.1, 0.15) is 11.5 Å². The molecule has 1 amide bonds. The minimum Gasteiger partial charge on any atom is -0.497 e. The third-order valence-electron chi connectivity index (χ3n) is 8.48. The van der Waals surface area contributed by atoms with Crippen molar-refractivity contribution in [3.63, 3.8) is 0 Å². The molecule has 6 nitrogen and oxygen atoms in total. The highest BCUT2D eigenvalue weighted by Crippen LogP contribution is 2.34. The number of methoxy groups -OCH3 is 2. The molecule has 246 valence electrons. The molecule has 4 rings (SSSR count). The van der Waals surface area contributed by atoms with Crippen LogP contribution in [0, 0.1) is 5.92 Å². The first-order valence-electron chi connectivity index (χ1n) is 16.8. The van der Waals surface area contributed by atoms with E-state index >= 15 is 0 Å². The number of rotatable bonds is 17. The van der Waals surface area contributed by atoms with Crippen molar-refractivity contribution in [1.29, 1.82) is 0 Å². The van der Waals surface area contributed by atoms with Crippen LogP contribution in [0.15, 0.2) is 84.5 Å². The third-order valence-corrected chi connectivity index (χ3v) is 8.48. The standard InChI is InChI=1S/C40H52N2O4/c1-7-23-42(4)24-10-25-46-38-21-17-31(26-33(38)13-8-11-29(2)3)30-15-19-35(20-16-30)41-40(43)34-18-22-39(45-6)37(28-34)32-12-9-14-36(27-32)44-5/h9,12,14-20,22,26-29,38H,7-8,10-11,13,21,23-25H2,1-6H3,(H,41,43). The molecule has 0 aromatic heterocycles. The average Bonchev–Trinajstić information content (AvgIpc) is 3.07. The molecule has 0 heterocycles. The molecule has 3 aromatic rings. The molecule has 1 unspecified atom stereocenters. The summed E-state index contributed by atoms with van der Waals surface area (Å²) in [7, 11) is 5.46. The SMILES string of the molecule is CCCN(C)CCCOC1CC=C(c2ccc(NC(=O)c3ccc(OC)c(-c4cccc(OC)c4)c3)cc2)C=C1CCCC(C)C. The van der Waals surface area contributed by atoms with Crippen molar-refractivity contribution in [2.75, 3.05) is 46.3 Å². The first kappa shape index (κ1) is 35.0. The van der Waals surface area contributed by atoms with Crippen LogP contribution >= 0.6 is 0 Å². The van der Waals surface area contributed by atoms with E-state index < -0.39 is 0 Å².